The van der Waals surface area contributed by atoms with Gasteiger partial charge in [-0.15, -0.1) is 0 Å². The molecule has 2 aromatic carbocycles. The summed E-state index contributed by atoms with van der Waals surface area (Å²) >= 11 is 5.93. The number of rotatable bonds is 4. The summed E-state index contributed by atoms with van der Waals surface area (Å²) in [5.41, 5.74) is 2.45. The molecule has 1 aromatic heterocycles. The molecule has 8 heteroatoms. The molecule has 0 bridgehead atoms. The van der Waals surface area contributed by atoms with E-state index in [0.717, 1.165) is 37.2 Å². The highest BCUT2D eigenvalue weighted by atomic mass is 35.5. The van der Waals surface area contributed by atoms with E-state index in [2.05, 4.69) is 10.2 Å². The van der Waals surface area contributed by atoms with Gasteiger partial charge in [0.15, 0.2) is 0 Å². The number of amides is 1. The lowest BCUT2D eigenvalue weighted by atomic mass is 10.1. The fourth-order valence-electron chi connectivity index (χ4n) is 4.09. The molecule has 2 heterocycles. The Bertz CT molecular complexity index is 1260. The number of nitrogens with zero attached hydrogens (tertiary/aromatic N) is 3. The van der Waals surface area contributed by atoms with Crippen LogP contribution in [-0.4, -0.2) is 28.1 Å². The largest absolute Gasteiger partial charge is 0.370 e. The molecular formula is C23H25ClN4O3. The summed E-state index contributed by atoms with van der Waals surface area (Å²) in [4.78, 5) is 39.7. The topological polar surface area (TPSA) is 76.3 Å². The van der Waals surface area contributed by atoms with E-state index in [1.165, 1.54) is 15.6 Å². The minimum atomic E-state index is -0.598. The van der Waals surface area contributed by atoms with Gasteiger partial charge in [0.1, 0.15) is 0 Å². The lowest BCUT2D eigenvalue weighted by Crippen LogP contribution is -2.39. The molecule has 4 rings (SSSR count). The van der Waals surface area contributed by atoms with Crippen molar-refractivity contribution in [2.75, 3.05) is 23.3 Å². The maximum Gasteiger partial charge on any atom is 0.316 e. The predicted octanol–water partition coefficient (Wildman–Crippen LogP) is 3.06. The Kier molecular flexibility index (Phi) is 5.87. The molecule has 1 aliphatic rings. The number of carbonyl (C=O) groups is 1. The molecule has 1 aliphatic heterocycles. The van der Waals surface area contributed by atoms with Gasteiger partial charge in [0.2, 0.25) is 5.91 Å². The Balaban J connectivity index is 1.77. The minimum absolute atomic E-state index is 0.158. The number of fused-ring (bicyclic) bond motifs is 1. The van der Waals surface area contributed by atoms with Gasteiger partial charge in [-0.3, -0.25) is 14.4 Å². The van der Waals surface area contributed by atoms with E-state index in [4.69, 9.17) is 11.6 Å². The van der Waals surface area contributed by atoms with Crippen molar-refractivity contribution in [2.45, 2.75) is 25.7 Å². The third-order valence-electron chi connectivity index (χ3n) is 5.86. The van der Waals surface area contributed by atoms with Crippen molar-refractivity contribution in [3.8, 4) is 0 Å². The standard InChI is InChI=1S/C23H25ClN4O3/c1-26-19-13-17(25-21(29)12-15-6-8-16(24)9-7-15)18(28-10-4-3-5-11-28)14-20(19)27(2)23(31)22(26)30/h6-9,13-14H,3-5,10-12H2,1-2H3,(H,25,29). The van der Waals surface area contributed by atoms with Crippen LogP contribution in [0.2, 0.25) is 5.02 Å². The van der Waals surface area contributed by atoms with Crippen LogP contribution in [0.25, 0.3) is 11.0 Å². The number of aromatic nitrogens is 2. The van der Waals surface area contributed by atoms with Gasteiger partial charge in [0.05, 0.1) is 28.8 Å². The lowest BCUT2D eigenvalue weighted by Gasteiger charge is -2.31. The van der Waals surface area contributed by atoms with Crippen LogP contribution in [0, 0.1) is 0 Å². The Hall–Kier alpha value is -3.06. The molecule has 31 heavy (non-hydrogen) atoms. The molecular weight excluding hydrogens is 416 g/mol. The Morgan fingerprint density at radius 3 is 2.13 bits per heavy atom. The van der Waals surface area contributed by atoms with Gasteiger partial charge in [-0.2, -0.15) is 0 Å². The van der Waals surface area contributed by atoms with E-state index in [9.17, 15) is 14.4 Å². The van der Waals surface area contributed by atoms with Crippen LogP contribution < -0.4 is 21.3 Å². The van der Waals surface area contributed by atoms with Crippen molar-refractivity contribution < 1.29 is 4.79 Å². The monoisotopic (exact) mass is 440 g/mol. The fraction of sp³-hybridized carbons (Fsp3) is 0.348. The smallest absolute Gasteiger partial charge is 0.316 e. The summed E-state index contributed by atoms with van der Waals surface area (Å²) < 4.78 is 2.72. The molecule has 7 nitrogen and oxygen atoms in total. The van der Waals surface area contributed by atoms with Gasteiger partial charge in [-0.25, -0.2) is 0 Å². The summed E-state index contributed by atoms with van der Waals surface area (Å²) in [5, 5.41) is 3.65. The second-order valence-corrected chi connectivity index (χ2v) is 8.42. The van der Waals surface area contributed by atoms with Crippen molar-refractivity contribution >= 4 is 39.9 Å². The molecule has 0 radical (unpaired) electrons. The fourth-order valence-corrected chi connectivity index (χ4v) is 4.21. The molecule has 0 unspecified atom stereocenters. The second kappa shape index (κ2) is 8.59. The van der Waals surface area contributed by atoms with Gasteiger partial charge < -0.3 is 19.4 Å². The van der Waals surface area contributed by atoms with Crippen LogP contribution in [0.15, 0.2) is 46.0 Å². The molecule has 162 valence electrons. The van der Waals surface area contributed by atoms with Gasteiger partial charge >= 0.3 is 11.1 Å². The van der Waals surface area contributed by atoms with Crippen LogP contribution in [-0.2, 0) is 25.3 Å². The van der Waals surface area contributed by atoms with Gasteiger partial charge in [-0.1, -0.05) is 23.7 Å². The number of hydrogen-bond acceptors (Lipinski definition) is 4. The van der Waals surface area contributed by atoms with Crippen LogP contribution >= 0.6 is 11.6 Å². The van der Waals surface area contributed by atoms with E-state index >= 15 is 0 Å². The summed E-state index contributed by atoms with van der Waals surface area (Å²) in [5.74, 6) is -0.158. The predicted molar refractivity (Wildman–Crippen MR) is 124 cm³/mol. The zero-order valence-electron chi connectivity index (χ0n) is 17.7. The quantitative estimate of drug-likeness (QED) is 0.632. The van der Waals surface area contributed by atoms with Gasteiger partial charge in [-0.05, 0) is 49.1 Å². The van der Waals surface area contributed by atoms with Crippen molar-refractivity contribution in [2.24, 2.45) is 14.1 Å². The first-order chi connectivity index (χ1) is 14.8. The summed E-state index contributed by atoms with van der Waals surface area (Å²) in [7, 11) is 3.18. The van der Waals surface area contributed by atoms with Crippen molar-refractivity contribution in [3.05, 3.63) is 67.7 Å². The van der Waals surface area contributed by atoms with Crippen molar-refractivity contribution in [1.82, 2.24) is 9.13 Å². The highest BCUT2D eigenvalue weighted by Crippen LogP contribution is 2.32. The van der Waals surface area contributed by atoms with E-state index in [1.807, 2.05) is 18.2 Å². The van der Waals surface area contributed by atoms with Crippen molar-refractivity contribution in [1.29, 1.82) is 0 Å². The second-order valence-electron chi connectivity index (χ2n) is 7.99. The molecule has 1 saturated heterocycles. The van der Waals surface area contributed by atoms with Crippen LogP contribution in [0.4, 0.5) is 11.4 Å². The average molecular weight is 441 g/mol. The molecule has 1 N–H and O–H groups in total. The van der Waals surface area contributed by atoms with Gasteiger partial charge in [0.25, 0.3) is 0 Å². The van der Waals surface area contributed by atoms with Crippen LogP contribution in [0.1, 0.15) is 24.8 Å². The normalized spacial score (nSPS) is 14.1. The number of benzene rings is 2. The number of piperidine rings is 1. The molecule has 0 spiro atoms. The van der Waals surface area contributed by atoms with Crippen molar-refractivity contribution in [3.63, 3.8) is 0 Å². The molecule has 0 atom stereocenters. The number of aryl methyl sites for hydroxylation is 2. The average Bonchev–Trinajstić information content (AvgIpc) is 2.78. The Morgan fingerprint density at radius 2 is 1.52 bits per heavy atom. The van der Waals surface area contributed by atoms with Gasteiger partial charge in [0, 0.05) is 32.2 Å². The van der Waals surface area contributed by atoms with E-state index in [-0.39, 0.29) is 12.3 Å². The number of carbonyl (C=O) groups excluding carboxylic acids is 1. The molecule has 3 aromatic rings. The first kappa shape index (κ1) is 21.2. The molecule has 1 fully saturated rings. The maximum atomic E-state index is 12.8. The maximum absolute atomic E-state index is 12.8. The number of hydrogen-bond donors (Lipinski definition) is 1. The molecule has 0 saturated carbocycles. The third kappa shape index (κ3) is 4.23. The zero-order chi connectivity index (χ0) is 22.1. The van der Waals surface area contributed by atoms with Crippen LogP contribution in [0.5, 0.6) is 0 Å². The third-order valence-corrected chi connectivity index (χ3v) is 6.11. The SMILES string of the molecule is Cn1c(=O)c(=O)n(C)c2cc(N3CCCCC3)c(NC(=O)Cc3ccc(Cl)cc3)cc21. The highest BCUT2D eigenvalue weighted by Gasteiger charge is 2.20. The summed E-state index contributed by atoms with van der Waals surface area (Å²) in [6.07, 6.45) is 3.53. The highest BCUT2D eigenvalue weighted by molar-refractivity contribution is 6.30. The van der Waals surface area contributed by atoms with E-state index < -0.39 is 11.1 Å². The lowest BCUT2D eigenvalue weighted by molar-refractivity contribution is -0.115. The minimum Gasteiger partial charge on any atom is -0.370 e. The summed E-state index contributed by atoms with van der Waals surface area (Å²) in [6, 6.07) is 10.9. The first-order valence-electron chi connectivity index (χ1n) is 10.4. The first-order valence-corrected chi connectivity index (χ1v) is 10.8. The van der Waals surface area contributed by atoms with E-state index in [1.54, 1.807) is 32.3 Å². The Morgan fingerprint density at radius 1 is 0.935 bits per heavy atom. The van der Waals surface area contributed by atoms with E-state index in [0.29, 0.717) is 21.7 Å². The number of anilines is 2. The van der Waals surface area contributed by atoms with Crippen LogP contribution in [0.3, 0.4) is 0 Å². The molecule has 0 aliphatic carbocycles. The summed E-state index contributed by atoms with van der Waals surface area (Å²) in [6.45, 7) is 1.76. The zero-order valence-corrected chi connectivity index (χ0v) is 18.4. The molecule has 1 amide bonds. The number of nitrogens with one attached hydrogen (secondary N) is 1. The Labute approximate surface area is 184 Å². The number of halogens is 1.